The van der Waals surface area contributed by atoms with Crippen LogP contribution in [0.25, 0.3) is 6.08 Å². The quantitative estimate of drug-likeness (QED) is 0.514. The normalized spacial score (nSPS) is 15.3. The summed E-state index contributed by atoms with van der Waals surface area (Å²) in [6.07, 6.45) is 2.32. The fourth-order valence-corrected chi connectivity index (χ4v) is 4.40. The van der Waals surface area contributed by atoms with Gasteiger partial charge in [0.1, 0.15) is 5.82 Å². The molecule has 1 heterocycles. The number of piperazine rings is 1. The van der Waals surface area contributed by atoms with E-state index in [9.17, 15) is 22.4 Å². The van der Waals surface area contributed by atoms with Gasteiger partial charge < -0.3 is 9.64 Å². The van der Waals surface area contributed by atoms with E-state index in [0.29, 0.717) is 0 Å². The molecule has 30 heavy (non-hydrogen) atoms. The standard InChI is InChI=1S/C21H21FN2O5S/c22-19-9-5-4-6-17(19)10-11-21(26)29-16-20(25)23-12-14-24(15-13-23)30(27,28)18-7-2-1-3-8-18/h1-11H,12-16H2/b11-10+. The van der Waals surface area contributed by atoms with Crippen molar-refractivity contribution in [2.45, 2.75) is 4.90 Å². The van der Waals surface area contributed by atoms with Gasteiger partial charge in [-0.05, 0) is 24.3 Å². The van der Waals surface area contributed by atoms with E-state index in [-0.39, 0.29) is 36.6 Å². The average molecular weight is 432 g/mol. The minimum Gasteiger partial charge on any atom is -0.452 e. The first-order valence-corrected chi connectivity index (χ1v) is 10.7. The van der Waals surface area contributed by atoms with Crippen molar-refractivity contribution in [1.29, 1.82) is 0 Å². The maximum atomic E-state index is 13.5. The lowest BCUT2D eigenvalue weighted by Crippen LogP contribution is -2.51. The zero-order chi connectivity index (χ0) is 21.6. The fraction of sp³-hybridized carbons (Fsp3) is 0.238. The van der Waals surface area contributed by atoms with Crippen molar-refractivity contribution in [2.75, 3.05) is 32.8 Å². The Morgan fingerprint density at radius 1 is 0.967 bits per heavy atom. The molecule has 0 aromatic heterocycles. The van der Waals surface area contributed by atoms with Crippen LogP contribution in [0.2, 0.25) is 0 Å². The third-order valence-electron chi connectivity index (χ3n) is 4.61. The topological polar surface area (TPSA) is 84.0 Å². The number of nitrogens with zero attached hydrogens (tertiary/aromatic N) is 2. The molecule has 1 fully saturated rings. The fourth-order valence-electron chi connectivity index (χ4n) is 2.96. The number of rotatable bonds is 6. The van der Waals surface area contributed by atoms with Gasteiger partial charge in [-0.15, -0.1) is 0 Å². The molecule has 1 saturated heterocycles. The van der Waals surface area contributed by atoms with Crippen molar-refractivity contribution in [3.63, 3.8) is 0 Å². The Labute approximate surface area is 174 Å². The van der Waals surface area contributed by atoms with E-state index >= 15 is 0 Å². The van der Waals surface area contributed by atoms with Crippen LogP contribution in [-0.2, 0) is 24.3 Å². The molecular weight excluding hydrogens is 411 g/mol. The predicted octanol–water partition coefficient (Wildman–Crippen LogP) is 1.92. The lowest BCUT2D eigenvalue weighted by molar-refractivity contribution is -0.148. The van der Waals surface area contributed by atoms with Crippen molar-refractivity contribution in [3.05, 3.63) is 72.1 Å². The highest BCUT2D eigenvalue weighted by Gasteiger charge is 2.30. The number of carbonyl (C=O) groups is 2. The monoisotopic (exact) mass is 432 g/mol. The second-order valence-corrected chi connectivity index (χ2v) is 8.50. The number of esters is 1. The molecule has 0 N–H and O–H groups in total. The summed E-state index contributed by atoms with van der Waals surface area (Å²) in [5, 5.41) is 0. The Morgan fingerprint density at radius 2 is 1.60 bits per heavy atom. The van der Waals surface area contributed by atoms with Gasteiger partial charge >= 0.3 is 5.97 Å². The molecule has 0 radical (unpaired) electrons. The summed E-state index contributed by atoms with van der Waals surface area (Å²) < 4.78 is 45.0. The summed E-state index contributed by atoms with van der Waals surface area (Å²) in [5.74, 6) is -1.66. The smallest absolute Gasteiger partial charge is 0.331 e. The first-order valence-electron chi connectivity index (χ1n) is 9.30. The lowest BCUT2D eigenvalue weighted by atomic mass is 10.2. The predicted molar refractivity (Wildman–Crippen MR) is 108 cm³/mol. The van der Waals surface area contributed by atoms with E-state index in [1.165, 1.54) is 45.6 Å². The SMILES string of the molecule is O=C(/C=C/c1ccccc1F)OCC(=O)N1CCN(S(=O)(=O)c2ccccc2)CC1. The molecule has 3 rings (SSSR count). The summed E-state index contributed by atoms with van der Waals surface area (Å²) >= 11 is 0. The van der Waals surface area contributed by atoms with Gasteiger partial charge in [0.15, 0.2) is 6.61 Å². The van der Waals surface area contributed by atoms with Gasteiger partial charge in [-0.3, -0.25) is 4.79 Å². The van der Waals surface area contributed by atoms with Gasteiger partial charge in [0.05, 0.1) is 4.90 Å². The Kier molecular flexibility index (Phi) is 6.96. The molecule has 158 valence electrons. The Bertz CT molecular complexity index is 1030. The third kappa shape index (κ3) is 5.31. The molecule has 0 unspecified atom stereocenters. The molecule has 2 aromatic rings. The highest BCUT2D eigenvalue weighted by molar-refractivity contribution is 7.89. The van der Waals surface area contributed by atoms with Crippen LogP contribution in [0.3, 0.4) is 0 Å². The number of hydrogen-bond donors (Lipinski definition) is 0. The molecule has 1 amide bonds. The number of halogens is 1. The number of carbonyl (C=O) groups excluding carboxylic acids is 2. The lowest BCUT2D eigenvalue weighted by Gasteiger charge is -2.33. The summed E-state index contributed by atoms with van der Waals surface area (Å²) in [6, 6.07) is 14.1. The zero-order valence-electron chi connectivity index (χ0n) is 16.1. The van der Waals surface area contributed by atoms with Crippen LogP contribution in [0.5, 0.6) is 0 Å². The summed E-state index contributed by atoms with van der Waals surface area (Å²) in [7, 11) is -3.60. The van der Waals surface area contributed by atoms with E-state index < -0.39 is 34.3 Å². The van der Waals surface area contributed by atoms with Crippen molar-refractivity contribution < 1.29 is 27.1 Å². The van der Waals surface area contributed by atoms with Gasteiger partial charge in [-0.25, -0.2) is 17.6 Å². The van der Waals surface area contributed by atoms with Crippen LogP contribution >= 0.6 is 0 Å². The first kappa shape index (κ1) is 21.7. The number of benzene rings is 2. The van der Waals surface area contributed by atoms with Crippen LogP contribution in [0.4, 0.5) is 4.39 Å². The number of hydrogen-bond acceptors (Lipinski definition) is 5. The minimum atomic E-state index is -3.60. The molecule has 0 spiro atoms. The van der Waals surface area contributed by atoms with Gasteiger partial charge in [-0.2, -0.15) is 4.31 Å². The van der Waals surface area contributed by atoms with Crippen LogP contribution in [0, 0.1) is 5.82 Å². The first-order chi connectivity index (χ1) is 14.4. The summed E-state index contributed by atoms with van der Waals surface area (Å²) in [6.45, 7) is 0.251. The molecule has 9 heteroatoms. The van der Waals surface area contributed by atoms with Crippen molar-refractivity contribution in [3.8, 4) is 0 Å². The molecule has 0 atom stereocenters. The molecule has 0 saturated carbocycles. The Morgan fingerprint density at radius 3 is 2.27 bits per heavy atom. The van der Waals surface area contributed by atoms with E-state index in [0.717, 1.165) is 6.08 Å². The van der Waals surface area contributed by atoms with E-state index in [4.69, 9.17) is 4.74 Å². The van der Waals surface area contributed by atoms with Gasteiger partial charge in [0.2, 0.25) is 10.0 Å². The summed E-state index contributed by atoms with van der Waals surface area (Å²) in [5.41, 5.74) is 0.233. The van der Waals surface area contributed by atoms with Gasteiger partial charge in [0.25, 0.3) is 5.91 Å². The maximum Gasteiger partial charge on any atom is 0.331 e. The van der Waals surface area contributed by atoms with Gasteiger partial charge in [-0.1, -0.05) is 36.4 Å². The number of amides is 1. The van der Waals surface area contributed by atoms with E-state index in [1.807, 2.05) is 0 Å². The highest BCUT2D eigenvalue weighted by atomic mass is 32.2. The average Bonchev–Trinajstić information content (AvgIpc) is 2.77. The van der Waals surface area contributed by atoms with Crippen LogP contribution in [0.15, 0.2) is 65.6 Å². The molecule has 0 bridgehead atoms. The molecule has 0 aliphatic carbocycles. The molecule has 2 aromatic carbocycles. The maximum absolute atomic E-state index is 13.5. The molecule has 1 aliphatic rings. The molecule has 1 aliphatic heterocycles. The van der Waals surface area contributed by atoms with Crippen LogP contribution in [0.1, 0.15) is 5.56 Å². The van der Waals surface area contributed by atoms with Crippen LogP contribution in [-0.4, -0.2) is 62.3 Å². The van der Waals surface area contributed by atoms with Gasteiger partial charge in [0, 0.05) is 37.8 Å². The van der Waals surface area contributed by atoms with Crippen molar-refractivity contribution >= 4 is 28.0 Å². The second-order valence-electron chi connectivity index (χ2n) is 6.56. The number of ether oxygens (including phenoxy) is 1. The molecular formula is C21H21FN2O5S. The Hall–Kier alpha value is -3.04. The van der Waals surface area contributed by atoms with Crippen LogP contribution < -0.4 is 0 Å². The van der Waals surface area contributed by atoms with E-state index in [1.54, 1.807) is 24.3 Å². The van der Waals surface area contributed by atoms with Crippen molar-refractivity contribution in [1.82, 2.24) is 9.21 Å². The zero-order valence-corrected chi connectivity index (χ0v) is 16.9. The molecule has 7 nitrogen and oxygen atoms in total. The largest absolute Gasteiger partial charge is 0.452 e. The third-order valence-corrected chi connectivity index (χ3v) is 6.53. The highest BCUT2D eigenvalue weighted by Crippen LogP contribution is 2.17. The van der Waals surface area contributed by atoms with E-state index in [2.05, 4.69) is 0 Å². The Balaban J connectivity index is 1.47. The number of sulfonamides is 1. The van der Waals surface area contributed by atoms with Crippen molar-refractivity contribution in [2.24, 2.45) is 0 Å². The summed E-state index contributed by atoms with van der Waals surface area (Å²) in [4.78, 5) is 25.7. The minimum absolute atomic E-state index is 0.157. The second kappa shape index (κ2) is 9.64.